The molecule has 1 atom stereocenters. The van der Waals surface area contributed by atoms with Gasteiger partial charge in [-0.1, -0.05) is 0 Å². The first-order chi connectivity index (χ1) is 4.36. The lowest BCUT2D eigenvalue weighted by Crippen LogP contribution is -2.47. The van der Waals surface area contributed by atoms with Crippen LogP contribution in [0.5, 0.6) is 0 Å². The van der Waals surface area contributed by atoms with Crippen molar-refractivity contribution in [2.75, 3.05) is 0 Å². The summed E-state index contributed by atoms with van der Waals surface area (Å²) in [5.41, 5.74) is -2.27. The van der Waals surface area contributed by atoms with Crippen LogP contribution in [-0.2, 0) is 9.59 Å². The van der Waals surface area contributed by atoms with Crippen LogP contribution in [0.25, 0.3) is 0 Å². The molecule has 0 aliphatic heterocycles. The fraction of sp³-hybridized carbons (Fsp3) is 0.600. The van der Waals surface area contributed by atoms with E-state index in [0.29, 0.717) is 0 Å². The number of carboxylic acid groups (broad SMARTS) is 2. The maximum Gasteiger partial charge on any atom is 0.306 e. The zero-order valence-corrected chi connectivity index (χ0v) is 5.33. The highest BCUT2D eigenvalue weighted by atomic mass is 16.4. The van der Waals surface area contributed by atoms with Gasteiger partial charge in [-0.3, -0.25) is 4.79 Å². The van der Waals surface area contributed by atoms with E-state index in [4.69, 9.17) is 10.2 Å². The molecule has 0 spiro atoms. The lowest BCUT2D eigenvalue weighted by Gasteiger charge is -2.21. The molecule has 2 N–H and O–H groups in total. The van der Waals surface area contributed by atoms with Gasteiger partial charge in [0.15, 0.2) is 0 Å². The second-order valence-corrected chi connectivity index (χ2v) is 2.13. The van der Waals surface area contributed by atoms with Gasteiger partial charge in [-0.05, 0) is 6.92 Å². The Kier molecular flexibility index (Phi) is 2.36. The van der Waals surface area contributed by atoms with Gasteiger partial charge in [0.25, 0.3) is 0 Å². The van der Waals surface area contributed by atoms with Crippen LogP contribution in [0.15, 0.2) is 0 Å². The van der Waals surface area contributed by atoms with Crippen LogP contribution in [0.4, 0.5) is 0 Å². The Morgan fingerprint density at radius 2 is 2.00 bits per heavy atom. The molecule has 0 heterocycles. The van der Waals surface area contributed by atoms with Gasteiger partial charge in [0.2, 0.25) is 0 Å². The summed E-state index contributed by atoms with van der Waals surface area (Å²) in [6.45, 7) is 0.871. The molecule has 0 aromatic rings. The van der Waals surface area contributed by atoms with Gasteiger partial charge in [0.05, 0.1) is 12.4 Å². The number of aliphatic carboxylic acids is 2. The minimum absolute atomic E-state index is 0.852. The Morgan fingerprint density at radius 3 is 2.10 bits per heavy atom. The molecule has 0 rings (SSSR count). The number of rotatable bonds is 3. The molecule has 5 nitrogen and oxygen atoms in total. The van der Waals surface area contributed by atoms with Gasteiger partial charge in [-0.2, -0.15) is 0 Å². The highest BCUT2D eigenvalue weighted by Gasteiger charge is 2.25. The van der Waals surface area contributed by atoms with Gasteiger partial charge < -0.3 is 20.1 Å². The number of carboxylic acids is 2. The minimum atomic E-state index is -2.27. The molecule has 58 valence electrons. The van der Waals surface area contributed by atoms with Gasteiger partial charge in [-0.15, -0.1) is 0 Å². The van der Waals surface area contributed by atoms with Crippen molar-refractivity contribution in [3.63, 3.8) is 0 Å². The molecule has 5 heteroatoms. The second-order valence-electron chi connectivity index (χ2n) is 2.13. The third-order valence-corrected chi connectivity index (χ3v) is 0.935. The molecule has 10 heavy (non-hydrogen) atoms. The lowest BCUT2D eigenvalue weighted by atomic mass is 10.0. The minimum Gasteiger partial charge on any atom is -0.547 e. The summed E-state index contributed by atoms with van der Waals surface area (Å²) in [5, 5.41) is 26.7. The van der Waals surface area contributed by atoms with Crippen molar-refractivity contribution < 1.29 is 24.9 Å². The molecule has 0 unspecified atom stereocenters. The first-order valence-electron chi connectivity index (χ1n) is 2.52. The van der Waals surface area contributed by atoms with E-state index in [1.807, 2.05) is 0 Å². The standard InChI is InChI=1S/C5H8O5/c1-5(10,4(8)9)2-3(6)7/h10H,2H2,1H3,(H,6,7)(H,8,9)/p-1/t5-/m1/s1. The van der Waals surface area contributed by atoms with E-state index in [9.17, 15) is 14.7 Å². The third kappa shape index (κ3) is 2.45. The number of aliphatic hydroxyl groups is 1. The van der Waals surface area contributed by atoms with Crippen molar-refractivity contribution in [3.8, 4) is 0 Å². The van der Waals surface area contributed by atoms with Gasteiger partial charge in [0.1, 0.15) is 5.60 Å². The molecule has 0 aromatic carbocycles. The van der Waals surface area contributed by atoms with Crippen molar-refractivity contribution in [2.24, 2.45) is 0 Å². The van der Waals surface area contributed by atoms with Crippen molar-refractivity contribution in [1.82, 2.24) is 0 Å². The fourth-order valence-corrected chi connectivity index (χ4v) is 0.367. The van der Waals surface area contributed by atoms with Crippen molar-refractivity contribution in [2.45, 2.75) is 18.9 Å². The average molecular weight is 147 g/mol. The smallest absolute Gasteiger partial charge is 0.306 e. The van der Waals surface area contributed by atoms with Crippen LogP contribution >= 0.6 is 0 Å². The van der Waals surface area contributed by atoms with Crippen molar-refractivity contribution in [1.29, 1.82) is 0 Å². The number of carbonyl (C=O) groups excluding carboxylic acids is 1. The van der Waals surface area contributed by atoms with Crippen molar-refractivity contribution in [3.05, 3.63) is 0 Å². The maximum absolute atomic E-state index is 9.93. The number of carbonyl (C=O) groups is 2. The van der Waals surface area contributed by atoms with Gasteiger partial charge in [0, 0.05) is 0 Å². The van der Waals surface area contributed by atoms with E-state index in [0.717, 1.165) is 6.92 Å². The Bertz CT molecular complexity index is 159. The molecule has 0 fully saturated rings. The van der Waals surface area contributed by atoms with Crippen LogP contribution in [0.2, 0.25) is 0 Å². The fourth-order valence-electron chi connectivity index (χ4n) is 0.367. The Labute approximate surface area is 56.9 Å². The number of hydrogen-bond donors (Lipinski definition) is 2. The Hall–Kier alpha value is -1.10. The zero-order chi connectivity index (χ0) is 8.36. The second kappa shape index (κ2) is 2.66. The van der Waals surface area contributed by atoms with E-state index >= 15 is 0 Å². The van der Waals surface area contributed by atoms with Crippen molar-refractivity contribution >= 4 is 11.9 Å². The highest BCUT2D eigenvalue weighted by Crippen LogP contribution is 2.06. The monoisotopic (exact) mass is 147 g/mol. The number of hydrogen-bond acceptors (Lipinski definition) is 4. The highest BCUT2D eigenvalue weighted by molar-refractivity contribution is 5.81. The summed E-state index contributed by atoms with van der Waals surface area (Å²) in [4.78, 5) is 19.8. The Morgan fingerprint density at radius 1 is 1.60 bits per heavy atom. The maximum atomic E-state index is 9.93. The van der Waals surface area contributed by atoms with E-state index in [2.05, 4.69) is 0 Å². The summed E-state index contributed by atoms with van der Waals surface area (Å²) < 4.78 is 0. The normalized spacial score (nSPS) is 15.8. The largest absolute Gasteiger partial charge is 0.547 e. The molecule has 0 aliphatic carbocycles. The Balaban J connectivity index is 4.13. The van der Waals surface area contributed by atoms with E-state index < -0.39 is 24.0 Å². The van der Waals surface area contributed by atoms with Crippen LogP contribution in [0.1, 0.15) is 13.3 Å². The third-order valence-electron chi connectivity index (χ3n) is 0.935. The molecule has 0 bridgehead atoms. The van der Waals surface area contributed by atoms with Crippen LogP contribution in [-0.4, -0.2) is 27.8 Å². The molecule has 0 radical (unpaired) electrons. The van der Waals surface area contributed by atoms with E-state index in [-0.39, 0.29) is 0 Å². The molecular weight excluding hydrogens is 140 g/mol. The van der Waals surface area contributed by atoms with Gasteiger partial charge >= 0.3 is 5.97 Å². The quantitative estimate of drug-likeness (QED) is 0.479. The van der Waals surface area contributed by atoms with E-state index in [1.165, 1.54) is 0 Å². The summed E-state index contributed by atoms with van der Waals surface area (Å²) in [7, 11) is 0. The lowest BCUT2D eigenvalue weighted by molar-refractivity contribution is -0.323. The summed E-state index contributed by atoms with van der Waals surface area (Å²) in [6.07, 6.45) is -0.852. The van der Waals surface area contributed by atoms with Crippen LogP contribution in [0.3, 0.4) is 0 Å². The molecule has 0 saturated carbocycles. The topological polar surface area (TPSA) is 97.7 Å². The summed E-state index contributed by atoms with van der Waals surface area (Å²) >= 11 is 0. The first kappa shape index (κ1) is 8.90. The molecule has 0 aromatic heterocycles. The average Bonchev–Trinajstić information content (AvgIpc) is 1.60. The molecule has 0 amide bonds. The first-order valence-corrected chi connectivity index (χ1v) is 2.52. The molecule has 0 saturated heterocycles. The van der Waals surface area contributed by atoms with Crippen LogP contribution < -0.4 is 5.11 Å². The molecular formula is C5H7O5-. The summed E-state index contributed by atoms with van der Waals surface area (Å²) in [6, 6.07) is 0. The summed E-state index contributed by atoms with van der Waals surface area (Å²) in [5.74, 6) is -3.16. The zero-order valence-electron chi connectivity index (χ0n) is 5.33. The SMILES string of the molecule is C[C@@](O)(CC(=O)O)C(=O)[O-]. The van der Waals surface area contributed by atoms with Gasteiger partial charge in [-0.25, -0.2) is 0 Å². The van der Waals surface area contributed by atoms with E-state index in [1.54, 1.807) is 0 Å². The predicted octanol–water partition coefficient (Wildman–Crippen LogP) is -2.04. The predicted molar refractivity (Wildman–Crippen MR) is 27.9 cm³/mol. The van der Waals surface area contributed by atoms with Crippen LogP contribution in [0, 0.1) is 0 Å². The molecule has 0 aliphatic rings.